The number of nitrogens with two attached hydrogens (primary N) is 1. The minimum atomic E-state index is 0.0417. The Hall–Kier alpha value is -2.33. The molecule has 4 nitrogen and oxygen atoms in total. The van der Waals surface area contributed by atoms with Gasteiger partial charge in [0.15, 0.2) is 0 Å². The number of amides is 1. The predicted molar refractivity (Wildman–Crippen MR) is 90.3 cm³/mol. The summed E-state index contributed by atoms with van der Waals surface area (Å²) in [6, 6.07) is 17.5. The van der Waals surface area contributed by atoms with Gasteiger partial charge in [-0.05, 0) is 43.2 Å². The first-order chi connectivity index (χ1) is 11.1. The highest BCUT2D eigenvalue weighted by Crippen LogP contribution is 2.21. The normalized spacial score (nSPS) is 20.5. The number of benzene rings is 2. The van der Waals surface area contributed by atoms with Gasteiger partial charge in [-0.15, -0.1) is 0 Å². The van der Waals surface area contributed by atoms with Crippen molar-refractivity contribution in [3.63, 3.8) is 0 Å². The van der Waals surface area contributed by atoms with Crippen LogP contribution >= 0.6 is 0 Å². The summed E-state index contributed by atoms with van der Waals surface area (Å²) < 4.78 is 5.75. The van der Waals surface area contributed by atoms with Crippen LogP contribution in [-0.2, 0) is 6.61 Å². The lowest BCUT2D eigenvalue weighted by Gasteiger charge is -2.23. The van der Waals surface area contributed by atoms with Crippen molar-refractivity contribution in [2.24, 2.45) is 5.73 Å². The van der Waals surface area contributed by atoms with Crippen LogP contribution in [0.25, 0.3) is 0 Å². The summed E-state index contributed by atoms with van der Waals surface area (Å²) in [5.41, 5.74) is 7.79. The van der Waals surface area contributed by atoms with E-state index < -0.39 is 0 Å². The van der Waals surface area contributed by atoms with Crippen LogP contribution in [0.15, 0.2) is 54.6 Å². The number of ether oxygens (including phenoxy) is 1. The maximum Gasteiger partial charge on any atom is 0.254 e. The Morgan fingerprint density at radius 1 is 1.17 bits per heavy atom. The molecular weight excluding hydrogens is 288 g/mol. The van der Waals surface area contributed by atoms with Crippen molar-refractivity contribution in [2.45, 2.75) is 32.0 Å². The third-order valence-corrected chi connectivity index (χ3v) is 4.43. The molecule has 2 aromatic rings. The molecule has 0 saturated carbocycles. The van der Waals surface area contributed by atoms with E-state index in [9.17, 15) is 4.79 Å². The van der Waals surface area contributed by atoms with Gasteiger partial charge in [0.05, 0.1) is 0 Å². The second-order valence-electron chi connectivity index (χ2n) is 5.99. The van der Waals surface area contributed by atoms with Crippen LogP contribution in [0.2, 0.25) is 0 Å². The van der Waals surface area contributed by atoms with Gasteiger partial charge in [0, 0.05) is 24.2 Å². The zero-order valence-electron chi connectivity index (χ0n) is 13.3. The molecule has 0 bridgehead atoms. The first kappa shape index (κ1) is 15.6. The maximum atomic E-state index is 12.5. The fourth-order valence-electron chi connectivity index (χ4n) is 2.85. The number of hydrogen-bond acceptors (Lipinski definition) is 3. The summed E-state index contributed by atoms with van der Waals surface area (Å²) in [6.07, 6.45) is 0.866. The van der Waals surface area contributed by atoms with Crippen LogP contribution in [-0.4, -0.2) is 29.4 Å². The number of hydrogen-bond donors (Lipinski definition) is 1. The van der Waals surface area contributed by atoms with E-state index in [2.05, 4.69) is 0 Å². The van der Waals surface area contributed by atoms with E-state index in [0.29, 0.717) is 12.2 Å². The van der Waals surface area contributed by atoms with Gasteiger partial charge in [-0.25, -0.2) is 0 Å². The van der Waals surface area contributed by atoms with E-state index in [1.807, 2.05) is 66.4 Å². The average Bonchev–Trinajstić information content (AvgIpc) is 2.93. The van der Waals surface area contributed by atoms with Crippen molar-refractivity contribution in [3.05, 3.63) is 65.7 Å². The minimum Gasteiger partial charge on any atom is -0.489 e. The third kappa shape index (κ3) is 3.54. The van der Waals surface area contributed by atoms with Gasteiger partial charge in [0.25, 0.3) is 5.91 Å². The van der Waals surface area contributed by atoms with Crippen LogP contribution in [0.1, 0.15) is 29.3 Å². The summed E-state index contributed by atoms with van der Waals surface area (Å²) in [5.74, 6) is 0.802. The quantitative estimate of drug-likeness (QED) is 0.945. The van der Waals surface area contributed by atoms with Crippen molar-refractivity contribution >= 4 is 5.91 Å². The third-order valence-electron chi connectivity index (χ3n) is 4.43. The molecule has 2 unspecified atom stereocenters. The fourth-order valence-corrected chi connectivity index (χ4v) is 2.85. The van der Waals surface area contributed by atoms with Crippen LogP contribution < -0.4 is 10.5 Å². The summed E-state index contributed by atoms with van der Waals surface area (Å²) >= 11 is 0. The highest BCUT2D eigenvalue weighted by molar-refractivity contribution is 5.94. The standard InChI is InChI=1S/C19H22N2O2/c1-14-18(20)11-12-21(14)19(22)16-7-9-17(10-8-16)23-13-15-5-3-2-4-6-15/h2-10,14,18H,11-13,20H2,1H3. The van der Waals surface area contributed by atoms with Crippen molar-refractivity contribution in [1.82, 2.24) is 4.90 Å². The van der Waals surface area contributed by atoms with E-state index in [1.54, 1.807) is 0 Å². The molecule has 23 heavy (non-hydrogen) atoms. The molecule has 2 atom stereocenters. The molecule has 3 rings (SSSR count). The lowest BCUT2D eigenvalue weighted by Crippen LogP contribution is -2.40. The average molecular weight is 310 g/mol. The monoisotopic (exact) mass is 310 g/mol. The van der Waals surface area contributed by atoms with Crippen LogP contribution in [0.3, 0.4) is 0 Å². The summed E-state index contributed by atoms with van der Waals surface area (Å²) in [6.45, 7) is 3.26. The van der Waals surface area contributed by atoms with Crippen LogP contribution in [0.4, 0.5) is 0 Å². The molecule has 0 spiro atoms. The Kier molecular flexibility index (Phi) is 4.63. The molecule has 120 valence electrons. The molecule has 1 amide bonds. The lowest BCUT2D eigenvalue weighted by molar-refractivity contribution is 0.0742. The Morgan fingerprint density at radius 3 is 2.48 bits per heavy atom. The Bertz CT molecular complexity index is 655. The Labute approximate surface area is 136 Å². The number of likely N-dealkylation sites (tertiary alicyclic amines) is 1. The summed E-state index contributed by atoms with van der Waals surface area (Å²) in [4.78, 5) is 14.4. The molecule has 1 saturated heterocycles. The second-order valence-corrected chi connectivity index (χ2v) is 5.99. The Morgan fingerprint density at radius 2 is 1.87 bits per heavy atom. The van der Waals surface area contributed by atoms with Gasteiger partial charge in [-0.1, -0.05) is 30.3 Å². The first-order valence-electron chi connectivity index (χ1n) is 7.98. The summed E-state index contributed by atoms with van der Waals surface area (Å²) in [7, 11) is 0. The maximum absolute atomic E-state index is 12.5. The van der Waals surface area contributed by atoms with E-state index >= 15 is 0 Å². The SMILES string of the molecule is CC1C(N)CCN1C(=O)c1ccc(OCc2ccccc2)cc1. The molecule has 1 heterocycles. The minimum absolute atomic E-state index is 0.0417. The van der Waals surface area contributed by atoms with E-state index in [-0.39, 0.29) is 18.0 Å². The number of rotatable bonds is 4. The number of carbonyl (C=O) groups excluding carboxylic acids is 1. The molecule has 1 aliphatic rings. The van der Waals surface area contributed by atoms with Crippen molar-refractivity contribution in [2.75, 3.05) is 6.54 Å². The van der Waals surface area contributed by atoms with E-state index in [0.717, 1.165) is 24.3 Å². The molecule has 2 N–H and O–H groups in total. The number of nitrogens with zero attached hydrogens (tertiary/aromatic N) is 1. The van der Waals surface area contributed by atoms with Crippen LogP contribution in [0, 0.1) is 0 Å². The highest BCUT2D eigenvalue weighted by atomic mass is 16.5. The van der Waals surface area contributed by atoms with E-state index in [1.165, 1.54) is 0 Å². The molecule has 2 aromatic carbocycles. The zero-order chi connectivity index (χ0) is 16.2. The largest absolute Gasteiger partial charge is 0.489 e. The van der Waals surface area contributed by atoms with Gasteiger partial charge in [0.1, 0.15) is 12.4 Å². The number of carbonyl (C=O) groups is 1. The van der Waals surface area contributed by atoms with Crippen molar-refractivity contribution in [1.29, 1.82) is 0 Å². The van der Waals surface area contributed by atoms with Crippen LogP contribution in [0.5, 0.6) is 5.75 Å². The lowest BCUT2D eigenvalue weighted by atomic mass is 10.1. The molecule has 1 aliphatic heterocycles. The molecule has 0 radical (unpaired) electrons. The van der Waals surface area contributed by atoms with Gasteiger partial charge < -0.3 is 15.4 Å². The summed E-state index contributed by atoms with van der Waals surface area (Å²) in [5, 5.41) is 0. The molecule has 4 heteroatoms. The predicted octanol–water partition coefficient (Wildman–Crippen LogP) is 2.83. The fraction of sp³-hybridized carbons (Fsp3) is 0.316. The zero-order valence-corrected chi connectivity index (χ0v) is 13.3. The smallest absolute Gasteiger partial charge is 0.254 e. The molecular formula is C19H22N2O2. The Balaban J connectivity index is 1.62. The van der Waals surface area contributed by atoms with E-state index in [4.69, 9.17) is 10.5 Å². The molecule has 1 fully saturated rings. The first-order valence-corrected chi connectivity index (χ1v) is 7.98. The van der Waals surface area contributed by atoms with Gasteiger partial charge in [-0.3, -0.25) is 4.79 Å². The van der Waals surface area contributed by atoms with Crippen molar-refractivity contribution in [3.8, 4) is 5.75 Å². The second kappa shape index (κ2) is 6.84. The molecule has 0 aliphatic carbocycles. The topological polar surface area (TPSA) is 55.6 Å². The van der Waals surface area contributed by atoms with Gasteiger partial charge in [0.2, 0.25) is 0 Å². The molecule has 0 aromatic heterocycles. The van der Waals surface area contributed by atoms with Gasteiger partial charge in [-0.2, -0.15) is 0 Å². The van der Waals surface area contributed by atoms with Crippen molar-refractivity contribution < 1.29 is 9.53 Å². The highest BCUT2D eigenvalue weighted by Gasteiger charge is 2.31. The van der Waals surface area contributed by atoms with Gasteiger partial charge >= 0.3 is 0 Å².